The molecule has 0 spiro atoms. The third-order valence-corrected chi connectivity index (χ3v) is 5.96. The molecular weight excluding hydrogens is 504 g/mol. The van der Waals surface area contributed by atoms with Crippen LogP contribution in [-0.4, -0.2) is 38.0 Å². The maximum atomic E-state index is 13.9. The maximum absolute atomic E-state index is 13.9. The second-order valence-corrected chi connectivity index (χ2v) is 8.58. The maximum Gasteiger partial charge on any atom is 0.359 e. The van der Waals surface area contributed by atoms with Crippen molar-refractivity contribution >= 4 is 23.1 Å². The number of nitro benzene ring substituents is 2. The van der Waals surface area contributed by atoms with Crippen LogP contribution in [0.3, 0.4) is 0 Å². The topological polar surface area (TPSA) is 147 Å². The van der Waals surface area contributed by atoms with Crippen molar-refractivity contribution in [2.24, 2.45) is 0 Å². The monoisotopic (exact) mass is 528 g/mol. The first-order valence-corrected chi connectivity index (χ1v) is 12.2. The quantitative estimate of drug-likeness (QED) is 0.0764. The van der Waals surface area contributed by atoms with Gasteiger partial charge in [0.1, 0.15) is 5.69 Å². The molecule has 0 N–H and O–H groups in total. The van der Waals surface area contributed by atoms with Crippen LogP contribution >= 0.6 is 0 Å². The zero-order valence-corrected chi connectivity index (χ0v) is 21.0. The van der Waals surface area contributed by atoms with Gasteiger partial charge in [0.05, 0.1) is 33.8 Å². The first-order valence-electron chi connectivity index (χ1n) is 12.2. The van der Waals surface area contributed by atoms with Crippen molar-refractivity contribution in [1.82, 2.24) is 9.78 Å². The number of nitro groups is 2. The summed E-state index contributed by atoms with van der Waals surface area (Å²) in [6.45, 7) is 2.11. The van der Waals surface area contributed by atoms with Gasteiger partial charge in [0.15, 0.2) is 11.5 Å². The highest BCUT2D eigenvalue weighted by molar-refractivity contribution is 6.17. The summed E-state index contributed by atoms with van der Waals surface area (Å²) in [4.78, 5) is 48.9. The molecule has 198 valence electrons. The first-order chi connectivity index (χ1) is 18.8. The van der Waals surface area contributed by atoms with E-state index < -0.39 is 33.0 Å². The summed E-state index contributed by atoms with van der Waals surface area (Å²) in [5, 5.41) is 27.7. The molecule has 1 aromatic heterocycles. The molecule has 0 unspecified atom stereocenters. The summed E-state index contributed by atoms with van der Waals surface area (Å²) >= 11 is 0. The zero-order valence-electron chi connectivity index (χ0n) is 21.0. The van der Waals surface area contributed by atoms with E-state index in [0.717, 1.165) is 29.7 Å². The Morgan fingerprint density at radius 3 is 2.18 bits per heavy atom. The van der Waals surface area contributed by atoms with E-state index in [1.165, 1.54) is 6.07 Å². The molecule has 0 amide bonds. The van der Waals surface area contributed by atoms with Crippen LogP contribution in [0.4, 0.5) is 11.4 Å². The van der Waals surface area contributed by atoms with E-state index in [1.54, 1.807) is 60.7 Å². The van der Waals surface area contributed by atoms with Gasteiger partial charge < -0.3 is 4.74 Å². The van der Waals surface area contributed by atoms with E-state index >= 15 is 0 Å². The van der Waals surface area contributed by atoms with Crippen LogP contribution in [0.5, 0.6) is 0 Å². The van der Waals surface area contributed by atoms with E-state index in [2.05, 4.69) is 5.10 Å². The molecule has 4 aromatic rings. The van der Waals surface area contributed by atoms with Crippen molar-refractivity contribution in [3.05, 3.63) is 116 Å². The number of carbonyl (C=O) groups is 2. The number of carbonyl (C=O) groups excluding carboxylic acids is 2. The fourth-order valence-electron chi connectivity index (χ4n) is 4.08. The number of hydrogen-bond acceptors (Lipinski definition) is 8. The normalized spacial score (nSPS) is 10.7. The lowest BCUT2D eigenvalue weighted by atomic mass is 9.97. The third kappa shape index (κ3) is 5.72. The van der Waals surface area contributed by atoms with E-state index in [-0.39, 0.29) is 34.8 Å². The van der Waals surface area contributed by atoms with Crippen molar-refractivity contribution in [2.45, 2.75) is 26.2 Å². The first kappa shape index (κ1) is 26.9. The van der Waals surface area contributed by atoms with Gasteiger partial charge in [0.25, 0.3) is 5.69 Å². The molecule has 0 saturated carbocycles. The van der Waals surface area contributed by atoms with Gasteiger partial charge in [-0.25, -0.2) is 9.48 Å². The van der Waals surface area contributed by atoms with Crippen LogP contribution in [0.25, 0.3) is 16.9 Å². The number of non-ortho nitro benzene ring substituents is 1. The Kier molecular flexibility index (Phi) is 8.20. The van der Waals surface area contributed by atoms with Gasteiger partial charge >= 0.3 is 11.7 Å². The molecule has 0 aliphatic heterocycles. The summed E-state index contributed by atoms with van der Waals surface area (Å²) in [5.41, 5.74) is -0.846. The zero-order chi connectivity index (χ0) is 27.9. The number of unbranched alkanes of at least 4 members (excludes halogenated alkanes) is 2. The predicted molar refractivity (Wildman–Crippen MR) is 142 cm³/mol. The number of aromatic nitrogens is 2. The fraction of sp³-hybridized carbons (Fsp3) is 0.179. The smallest absolute Gasteiger partial charge is 0.359 e. The number of esters is 1. The number of ether oxygens (including phenoxy) is 1. The Bertz CT molecular complexity index is 1530. The lowest BCUT2D eigenvalue weighted by Crippen LogP contribution is -2.13. The van der Waals surface area contributed by atoms with E-state index in [1.807, 2.05) is 6.92 Å². The third-order valence-electron chi connectivity index (χ3n) is 5.96. The molecule has 3 aromatic carbocycles. The largest absolute Gasteiger partial charge is 0.461 e. The molecule has 0 radical (unpaired) electrons. The number of hydrogen-bond donors (Lipinski definition) is 0. The fourth-order valence-corrected chi connectivity index (χ4v) is 4.08. The lowest BCUT2D eigenvalue weighted by Gasteiger charge is -2.10. The van der Waals surface area contributed by atoms with Crippen LogP contribution in [0, 0.1) is 20.2 Å². The second kappa shape index (κ2) is 11.9. The molecule has 0 bridgehead atoms. The molecule has 0 saturated heterocycles. The number of ketones is 1. The van der Waals surface area contributed by atoms with Crippen molar-refractivity contribution in [1.29, 1.82) is 0 Å². The Morgan fingerprint density at radius 2 is 1.56 bits per heavy atom. The van der Waals surface area contributed by atoms with Crippen LogP contribution in [0.1, 0.15) is 52.6 Å². The number of benzene rings is 3. The molecule has 0 aliphatic carbocycles. The molecule has 1 heterocycles. The summed E-state index contributed by atoms with van der Waals surface area (Å²) in [6.07, 6.45) is 2.36. The SMILES string of the molecule is CCCCCOC(=O)c1nn(-c2ccc([N+](=O)[O-])cc2[N+](=O)[O-])c(-c2ccccc2)c1C(=O)c1ccccc1. The molecule has 0 atom stereocenters. The van der Waals surface area contributed by atoms with Crippen LogP contribution < -0.4 is 0 Å². The molecule has 39 heavy (non-hydrogen) atoms. The Labute approximate surface area is 223 Å². The average Bonchev–Trinajstić information content (AvgIpc) is 3.36. The summed E-state index contributed by atoms with van der Waals surface area (Å²) < 4.78 is 6.54. The summed E-state index contributed by atoms with van der Waals surface area (Å²) in [7, 11) is 0. The molecule has 11 heteroatoms. The van der Waals surface area contributed by atoms with Gasteiger partial charge in [-0.15, -0.1) is 0 Å². The average molecular weight is 529 g/mol. The van der Waals surface area contributed by atoms with Gasteiger partial charge in [-0.1, -0.05) is 80.4 Å². The Balaban J connectivity index is 2.02. The van der Waals surface area contributed by atoms with E-state index in [4.69, 9.17) is 4.74 Å². The van der Waals surface area contributed by atoms with Gasteiger partial charge in [-0.3, -0.25) is 25.0 Å². The lowest BCUT2D eigenvalue weighted by molar-refractivity contribution is -0.394. The van der Waals surface area contributed by atoms with Crippen LogP contribution in [0.2, 0.25) is 0 Å². The predicted octanol–water partition coefficient (Wildman–Crippen LogP) is 5.93. The second-order valence-electron chi connectivity index (χ2n) is 8.58. The van der Waals surface area contributed by atoms with Crippen molar-refractivity contribution in [2.75, 3.05) is 6.61 Å². The molecule has 11 nitrogen and oxygen atoms in total. The number of nitrogens with zero attached hydrogens (tertiary/aromatic N) is 4. The number of rotatable bonds is 11. The highest BCUT2D eigenvalue weighted by Crippen LogP contribution is 2.36. The van der Waals surface area contributed by atoms with Crippen molar-refractivity contribution in [3.8, 4) is 16.9 Å². The Morgan fingerprint density at radius 1 is 0.897 bits per heavy atom. The van der Waals surface area contributed by atoms with E-state index in [0.29, 0.717) is 12.0 Å². The van der Waals surface area contributed by atoms with Gasteiger partial charge in [0.2, 0.25) is 0 Å². The highest BCUT2D eigenvalue weighted by atomic mass is 16.6. The summed E-state index contributed by atoms with van der Waals surface area (Å²) in [5.74, 6) is -1.39. The minimum Gasteiger partial charge on any atom is -0.461 e. The highest BCUT2D eigenvalue weighted by Gasteiger charge is 2.33. The van der Waals surface area contributed by atoms with Crippen molar-refractivity contribution in [3.63, 3.8) is 0 Å². The minimum absolute atomic E-state index is 0.0967. The van der Waals surface area contributed by atoms with Crippen LogP contribution in [-0.2, 0) is 4.74 Å². The van der Waals surface area contributed by atoms with Crippen LogP contribution in [0.15, 0.2) is 78.9 Å². The Hall–Kier alpha value is -5.19. The van der Waals surface area contributed by atoms with Gasteiger partial charge in [-0.05, 0) is 12.5 Å². The molecule has 4 rings (SSSR count). The molecule has 0 aliphatic rings. The van der Waals surface area contributed by atoms with Crippen molar-refractivity contribution < 1.29 is 24.2 Å². The van der Waals surface area contributed by atoms with Gasteiger partial charge in [0, 0.05) is 17.2 Å². The molecular formula is C28H24N4O7. The van der Waals surface area contributed by atoms with Gasteiger partial charge in [-0.2, -0.15) is 5.10 Å². The molecule has 0 fully saturated rings. The van der Waals surface area contributed by atoms with E-state index in [9.17, 15) is 29.8 Å². The summed E-state index contributed by atoms with van der Waals surface area (Å²) in [6, 6.07) is 19.8. The minimum atomic E-state index is -0.856. The standard InChI is InChI=1S/C28H24N4O7/c1-2-3-10-17-39-28(34)25-24(27(33)20-13-8-5-9-14-20)26(19-11-6-4-7-12-19)30(29-25)22-16-15-21(31(35)36)18-23(22)32(37)38/h4-9,11-16,18H,2-3,10,17H2,1H3.